The van der Waals surface area contributed by atoms with Crippen LogP contribution >= 0.6 is 0 Å². The van der Waals surface area contributed by atoms with Gasteiger partial charge in [0.15, 0.2) is 0 Å². The molecule has 2 rings (SSSR count). The molecule has 0 saturated heterocycles. The van der Waals surface area contributed by atoms with E-state index in [0.717, 1.165) is 5.56 Å². The Labute approximate surface area is 110 Å². The lowest BCUT2D eigenvalue weighted by atomic mass is 10.2. The van der Waals surface area contributed by atoms with Crippen LogP contribution in [0.5, 0.6) is 5.75 Å². The van der Waals surface area contributed by atoms with Gasteiger partial charge >= 0.3 is 0 Å². The molecule has 19 heavy (non-hydrogen) atoms. The number of hydrogen-bond acceptors (Lipinski definition) is 4. The molecule has 1 amide bonds. The van der Waals surface area contributed by atoms with E-state index in [9.17, 15) is 4.79 Å². The van der Waals surface area contributed by atoms with Crippen LogP contribution in [-0.2, 0) is 0 Å². The second-order valence-electron chi connectivity index (χ2n) is 3.71. The Hall–Kier alpha value is -2.69. The van der Waals surface area contributed by atoms with Crippen LogP contribution in [0.15, 0.2) is 53.9 Å². The first-order chi connectivity index (χ1) is 9.29. The molecular weight excluding hydrogens is 242 g/mol. The number of carbonyl (C=O) groups is 1. The van der Waals surface area contributed by atoms with Crippen LogP contribution in [0.1, 0.15) is 15.9 Å². The minimum absolute atomic E-state index is 0.288. The first-order valence-corrected chi connectivity index (χ1v) is 5.67. The number of aromatic nitrogens is 1. The molecule has 0 spiro atoms. The highest BCUT2D eigenvalue weighted by atomic mass is 16.5. The molecule has 0 radical (unpaired) electrons. The van der Waals surface area contributed by atoms with Crippen LogP contribution < -0.4 is 10.2 Å². The predicted molar refractivity (Wildman–Crippen MR) is 72.3 cm³/mol. The molecule has 5 heteroatoms. The maximum atomic E-state index is 11.8. The standard InChI is InChI=1S/C14H13N3O2/c1-19-13-4-2-3-12(9-13)14(18)17-16-10-11-5-7-15-8-6-11/h2-10H,1H3,(H,17,18)/b16-10+. The van der Waals surface area contributed by atoms with Crippen molar-refractivity contribution in [3.8, 4) is 5.75 Å². The van der Waals surface area contributed by atoms with Gasteiger partial charge in [-0.25, -0.2) is 5.43 Å². The number of hydrazone groups is 1. The van der Waals surface area contributed by atoms with Crippen molar-refractivity contribution in [1.29, 1.82) is 0 Å². The van der Waals surface area contributed by atoms with Gasteiger partial charge in [-0.05, 0) is 35.9 Å². The van der Waals surface area contributed by atoms with Gasteiger partial charge in [-0.2, -0.15) is 5.10 Å². The Bertz CT molecular complexity index is 582. The van der Waals surface area contributed by atoms with Crippen molar-refractivity contribution in [2.24, 2.45) is 5.10 Å². The van der Waals surface area contributed by atoms with E-state index in [1.54, 1.807) is 62.1 Å². The lowest BCUT2D eigenvalue weighted by Gasteiger charge is -2.02. The summed E-state index contributed by atoms with van der Waals surface area (Å²) in [5, 5.41) is 3.88. The maximum absolute atomic E-state index is 11.8. The summed E-state index contributed by atoms with van der Waals surface area (Å²) in [7, 11) is 1.55. The van der Waals surface area contributed by atoms with Crippen LogP contribution in [0, 0.1) is 0 Å². The third-order valence-electron chi connectivity index (χ3n) is 2.42. The smallest absolute Gasteiger partial charge is 0.271 e. The molecule has 0 bridgehead atoms. The van der Waals surface area contributed by atoms with Gasteiger partial charge in [-0.3, -0.25) is 9.78 Å². The highest BCUT2D eigenvalue weighted by Crippen LogP contribution is 2.12. The highest BCUT2D eigenvalue weighted by Gasteiger charge is 2.04. The fourth-order valence-electron chi connectivity index (χ4n) is 1.44. The monoisotopic (exact) mass is 255 g/mol. The van der Waals surface area contributed by atoms with Gasteiger partial charge in [0.05, 0.1) is 13.3 Å². The molecule has 0 aliphatic rings. The van der Waals surface area contributed by atoms with Gasteiger partial charge in [0.25, 0.3) is 5.91 Å². The molecular formula is C14H13N3O2. The number of methoxy groups -OCH3 is 1. The van der Waals surface area contributed by atoms with E-state index in [2.05, 4.69) is 15.5 Å². The van der Waals surface area contributed by atoms with Crippen LogP contribution in [0.3, 0.4) is 0 Å². The van der Waals surface area contributed by atoms with Crippen molar-refractivity contribution < 1.29 is 9.53 Å². The number of benzene rings is 1. The number of hydrogen-bond donors (Lipinski definition) is 1. The quantitative estimate of drug-likeness (QED) is 0.670. The molecule has 1 N–H and O–H groups in total. The number of carbonyl (C=O) groups excluding carboxylic acids is 1. The van der Waals surface area contributed by atoms with E-state index in [-0.39, 0.29) is 5.91 Å². The molecule has 0 fully saturated rings. The average Bonchev–Trinajstić information content (AvgIpc) is 2.48. The largest absolute Gasteiger partial charge is 0.497 e. The molecule has 0 atom stereocenters. The normalized spacial score (nSPS) is 10.4. The Morgan fingerprint density at radius 3 is 2.84 bits per heavy atom. The lowest BCUT2D eigenvalue weighted by molar-refractivity contribution is 0.0955. The van der Waals surface area contributed by atoms with E-state index in [1.807, 2.05) is 0 Å². The molecule has 1 aromatic heterocycles. The van der Waals surface area contributed by atoms with Crippen molar-refractivity contribution in [2.75, 3.05) is 7.11 Å². The number of pyridine rings is 1. The average molecular weight is 255 g/mol. The summed E-state index contributed by atoms with van der Waals surface area (Å²) in [6, 6.07) is 10.5. The van der Waals surface area contributed by atoms with Crippen LogP contribution in [0.4, 0.5) is 0 Å². The minimum atomic E-state index is -0.288. The minimum Gasteiger partial charge on any atom is -0.497 e. The second kappa shape index (κ2) is 6.30. The summed E-state index contributed by atoms with van der Waals surface area (Å²) >= 11 is 0. The van der Waals surface area contributed by atoms with E-state index >= 15 is 0 Å². The van der Waals surface area contributed by atoms with E-state index in [0.29, 0.717) is 11.3 Å². The Kier molecular flexibility index (Phi) is 4.23. The number of amides is 1. The Morgan fingerprint density at radius 1 is 1.32 bits per heavy atom. The molecule has 1 aromatic carbocycles. The van der Waals surface area contributed by atoms with Gasteiger partial charge in [-0.15, -0.1) is 0 Å². The van der Waals surface area contributed by atoms with Crippen molar-refractivity contribution >= 4 is 12.1 Å². The van der Waals surface area contributed by atoms with Gasteiger partial charge in [0, 0.05) is 18.0 Å². The molecule has 1 heterocycles. The van der Waals surface area contributed by atoms with Gasteiger partial charge in [-0.1, -0.05) is 6.07 Å². The highest BCUT2D eigenvalue weighted by molar-refractivity contribution is 5.95. The molecule has 96 valence electrons. The van der Waals surface area contributed by atoms with E-state index in [1.165, 1.54) is 0 Å². The number of nitrogens with one attached hydrogen (secondary N) is 1. The van der Waals surface area contributed by atoms with E-state index < -0.39 is 0 Å². The summed E-state index contributed by atoms with van der Waals surface area (Å²) in [6.07, 6.45) is 4.87. The summed E-state index contributed by atoms with van der Waals surface area (Å²) < 4.78 is 5.05. The number of nitrogens with zero attached hydrogens (tertiary/aromatic N) is 2. The molecule has 2 aromatic rings. The SMILES string of the molecule is COc1cccc(C(=O)N/N=C/c2ccncc2)c1. The van der Waals surface area contributed by atoms with Gasteiger partial charge in [0.2, 0.25) is 0 Å². The number of rotatable bonds is 4. The zero-order chi connectivity index (χ0) is 13.5. The fourth-order valence-corrected chi connectivity index (χ4v) is 1.44. The Morgan fingerprint density at radius 2 is 2.11 bits per heavy atom. The predicted octanol–water partition coefficient (Wildman–Crippen LogP) is 1.85. The van der Waals surface area contributed by atoms with Crippen LogP contribution in [-0.4, -0.2) is 24.2 Å². The second-order valence-corrected chi connectivity index (χ2v) is 3.71. The zero-order valence-corrected chi connectivity index (χ0v) is 10.4. The van der Waals surface area contributed by atoms with Crippen molar-refractivity contribution in [2.45, 2.75) is 0 Å². The topological polar surface area (TPSA) is 63.6 Å². The molecule has 0 unspecified atom stereocenters. The summed E-state index contributed by atoms with van der Waals surface area (Å²) in [6.45, 7) is 0. The Balaban J connectivity index is 1.99. The van der Waals surface area contributed by atoms with Gasteiger partial charge < -0.3 is 4.74 Å². The first-order valence-electron chi connectivity index (χ1n) is 5.67. The summed E-state index contributed by atoms with van der Waals surface area (Å²) in [4.78, 5) is 15.7. The third kappa shape index (κ3) is 3.64. The number of ether oxygens (including phenoxy) is 1. The summed E-state index contributed by atoms with van der Waals surface area (Å²) in [5.41, 5.74) is 3.81. The summed E-state index contributed by atoms with van der Waals surface area (Å²) in [5.74, 6) is 0.343. The molecule has 0 saturated carbocycles. The maximum Gasteiger partial charge on any atom is 0.271 e. The van der Waals surface area contributed by atoms with Crippen molar-refractivity contribution in [3.05, 3.63) is 59.9 Å². The van der Waals surface area contributed by atoms with Crippen molar-refractivity contribution in [1.82, 2.24) is 10.4 Å². The lowest BCUT2D eigenvalue weighted by Crippen LogP contribution is -2.17. The van der Waals surface area contributed by atoms with Crippen LogP contribution in [0.25, 0.3) is 0 Å². The fraction of sp³-hybridized carbons (Fsp3) is 0.0714. The molecule has 0 aliphatic heterocycles. The molecule has 0 aliphatic carbocycles. The van der Waals surface area contributed by atoms with E-state index in [4.69, 9.17) is 4.74 Å². The van der Waals surface area contributed by atoms with Crippen LogP contribution in [0.2, 0.25) is 0 Å². The van der Waals surface area contributed by atoms with Crippen molar-refractivity contribution in [3.63, 3.8) is 0 Å². The first kappa shape index (κ1) is 12.8. The van der Waals surface area contributed by atoms with Gasteiger partial charge in [0.1, 0.15) is 5.75 Å². The zero-order valence-electron chi connectivity index (χ0n) is 10.4. The third-order valence-corrected chi connectivity index (χ3v) is 2.42. The molecule has 5 nitrogen and oxygen atoms in total.